The first-order valence-corrected chi connectivity index (χ1v) is 7.31. The maximum atomic E-state index is 2.35. The SMILES string of the molecule is CC.CC(C)c1ccc2c3c(cccc13)CCC2. The van der Waals surface area contributed by atoms with E-state index in [-0.39, 0.29) is 0 Å². The molecule has 1 aliphatic rings. The summed E-state index contributed by atoms with van der Waals surface area (Å²) in [5, 5.41) is 3.05. The average molecular weight is 240 g/mol. The lowest BCUT2D eigenvalue weighted by molar-refractivity contribution is 0.804. The van der Waals surface area contributed by atoms with Crippen molar-refractivity contribution in [2.75, 3.05) is 0 Å². The lowest BCUT2D eigenvalue weighted by atomic mass is 9.85. The Hall–Kier alpha value is -1.30. The maximum absolute atomic E-state index is 2.35. The minimum absolute atomic E-state index is 0.617. The van der Waals surface area contributed by atoms with Crippen molar-refractivity contribution in [1.82, 2.24) is 0 Å². The molecule has 0 saturated carbocycles. The third kappa shape index (κ3) is 2.16. The highest BCUT2D eigenvalue weighted by Gasteiger charge is 2.14. The summed E-state index contributed by atoms with van der Waals surface area (Å²) in [7, 11) is 0. The minimum atomic E-state index is 0.617. The van der Waals surface area contributed by atoms with E-state index in [9.17, 15) is 0 Å². The van der Waals surface area contributed by atoms with E-state index >= 15 is 0 Å². The fourth-order valence-corrected chi connectivity index (χ4v) is 2.97. The molecule has 1 aliphatic carbocycles. The van der Waals surface area contributed by atoms with Gasteiger partial charge in [0.05, 0.1) is 0 Å². The summed E-state index contributed by atoms with van der Waals surface area (Å²) in [4.78, 5) is 0. The normalized spacial score (nSPS) is 13.4. The van der Waals surface area contributed by atoms with Crippen molar-refractivity contribution in [2.24, 2.45) is 0 Å². The van der Waals surface area contributed by atoms with Gasteiger partial charge in [0.15, 0.2) is 0 Å². The van der Waals surface area contributed by atoms with Gasteiger partial charge in [-0.05, 0) is 52.6 Å². The molecule has 96 valence electrons. The van der Waals surface area contributed by atoms with E-state index in [2.05, 4.69) is 44.2 Å². The molecule has 0 atom stereocenters. The summed E-state index contributed by atoms with van der Waals surface area (Å²) in [5.74, 6) is 0.617. The minimum Gasteiger partial charge on any atom is -0.0683 e. The summed E-state index contributed by atoms with van der Waals surface area (Å²) >= 11 is 0. The Morgan fingerprint density at radius 3 is 2.22 bits per heavy atom. The van der Waals surface area contributed by atoms with Crippen molar-refractivity contribution in [1.29, 1.82) is 0 Å². The van der Waals surface area contributed by atoms with Crippen molar-refractivity contribution in [3.63, 3.8) is 0 Å². The quantitative estimate of drug-likeness (QED) is 0.619. The number of hydrogen-bond acceptors (Lipinski definition) is 0. The molecule has 3 rings (SSSR count). The molecule has 18 heavy (non-hydrogen) atoms. The van der Waals surface area contributed by atoms with Gasteiger partial charge in [-0.1, -0.05) is 58.0 Å². The van der Waals surface area contributed by atoms with E-state index in [4.69, 9.17) is 0 Å². The first-order chi connectivity index (χ1) is 8.77. The zero-order valence-corrected chi connectivity index (χ0v) is 12.1. The van der Waals surface area contributed by atoms with Crippen LogP contribution in [0.5, 0.6) is 0 Å². The molecule has 0 heteroatoms. The molecular formula is C18H24. The summed E-state index contributed by atoms with van der Waals surface area (Å²) in [6, 6.07) is 11.5. The second-order valence-corrected chi connectivity index (χ2v) is 5.16. The second kappa shape index (κ2) is 5.56. The van der Waals surface area contributed by atoms with Gasteiger partial charge in [0.1, 0.15) is 0 Å². The Bertz CT molecular complexity index is 525. The Morgan fingerprint density at radius 1 is 0.889 bits per heavy atom. The average Bonchev–Trinajstić information content (AvgIpc) is 2.42. The van der Waals surface area contributed by atoms with Gasteiger partial charge in [-0.3, -0.25) is 0 Å². The Labute approximate surface area is 111 Å². The van der Waals surface area contributed by atoms with Gasteiger partial charge in [-0.25, -0.2) is 0 Å². The predicted molar refractivity (Wildman–Crippen MR) is 81.4 cm³/mol. The number of hydrogen-bond donors (Lipinski definition) is 0. The molecule has 0 radical (unpaired) electrons. The molecule has 2 aromatic rings. The largest absolute Gasteiger partial charge is 0.0683 e. The maximum Gasteiger partial charge on any atom is -0.0117 e. The van der Waals surface area contributed by atoms with Gasteiger partial charge < -0.3 is 0 Å². The van der Waals surface area contributed by atoms with Crippen LogP contribution < -0.4 is 0 Å². The standard InChI is InChI=1S/C16H18.C2H6/c1-11(2)14-10-9-13-6-3-5-12-7-4-8-15(14)16(12)13;1-2/h4,7-11H,3,5-6H2,1-2H3;1-2H3. The summed E-state index contributed by atoms with van der Waals surface area (Å²) < 4.78 is 0. The molecule has 0 spiro atoms. The van der Waals surface area contributed by atoms with Crippen LogP contribution in [0.4, 0.5) is 0 Å². The van der Waals surface area contributed by atoms with Crippen LogP contribution in [0.3, 0.4) is 0 Å². The third-order valence-electron chi connectivity index (χ3n) is 3.76. The molecule has 0 bridgehead atoms. The van der Waals surface area contributed by atoms with Gasteiger partial charge >= 0.3 is 0 Å². The van der Waals surface area contributed by atoms with Crippen molar-refractivity contribution < 1.29 is 0 Å². The van der Waals surface area contributed by atoms with E-state index < -0.39 is 0 Å². The number of aryl methyl sites for hydroxylation is 2. The van der Waals surface area contributed by atoms with E-state index in [1.165, 1.54) is 30.2 Å². The van der Waals surface area contributed by atoms with Crippen LogP contribution in [0.2, 0.25) is 0 Å². The van der Waals surface area contributed by atoms with Crippen LogP contribution in [0.15, 0.2) is 30.3 Å². The smallest absolute Gasteiger partial charge is 0.0117 e. The molecule has 0 heterocycles. The fourth-order valence-electron chi connectivity index (χ4n) is 2.97. The second-order valence-electron chi connectivity index (χ2n) is 5.16. The molecule has 0 unspecified atom stereocenters. The highest BCUT2D eigenvalue weighted by molar-refractivity contribution is 5.92. The van der Waals surface area contributed by atoms with E-state index in [1.807, 2.05) is 13.8 Å². The molecule has 0 nitrogen and oxygen atoms in total. The molecule has 0 aromatic heterocycles. The molecular weight excluding hydrogens is 216 g/mol. The van der Waals surface area contributed by atoms with Crippen molar-refractivity contribution in [3.8, 4) is 0 Å². The Morgan fingerprint density at radius 2 is 1.56 bits per heavy atom. The van der Waals surface area contributed by atoms with Gasteiger partial charge in [-0.2, -0.15) is 0 Å². The first-order valence-electron chi connectivity index (χ1n) is 7.31. The summed E-state index contributed by atoms with van der Waals surface area (Å²) in [6.45, 7) is 8.57. The highest BCUT2D eigenvalue weighted by Crippen LogP contribution is 2.34. The van der Waals surface area contributed by atoms with E-state index in [0.717, 1.165) is 0 Å². The monoisotopic (exact) mass is 240 g/mol. The van der Waals surface area contributed by atoms with Crippen LogP contribution in [0, 0.1) is 0 Å². The highest BCUT2D eigenvalue weighted by atomic mass is 14.2. The van der Waals surface area contributed by atoms with Crippen LogP contribution in [-0.4, -0.2) is 0 Å². The van der Waals surface area contributed by atoms with Crippen molar-refractivity contribution in [2.45, 2.75) is 52.9 Å². The molecule has 0 N–H and O–H groups in total. The topological polar surface area (TPSA) is 0 Å². The predicted octanol–water partition coefficient (Wildman–Crippen LogP) is 5.48. The summed E-state index contributed by atoms with van der Waals surface area (Å²) in [6.07, 6.45) is 3.82. The van der Waals surface area contributed by atoms with Crippen LogP contribution in [0.1, 0.15) is 56.7 Å². The van der Waals surface area contributed by atoms with Gasteiger partial charge in [0.25, 0.3) is 0 Å². The molecule has 0 aliphatic heterocycles. The fraction of sp³-hybridized carbons (Fsp3) is 0.444. The van der Waals surface area contributed by atoms with Crippen LogP contribution >= 0.6 is 0 Å². The Kier molecular flexibility index (Phi) is 4.06. The third-order valence-corrected chi connectivity index (χ3v) is 3.76. The van der Waals surface area contributed by atoms with Crippen molar-refractivity contribution >= 4 is 10.8 Å². The van der Waals surface area contributed by atoms with Crippen LogP contribution in [0.25, 0.3) is 10.8 Å². The first kappa shape index (κ1) is 13.1. The van der Waals surface area contributed by atoms with Gasteiger partial charge in [-0.15, -0.1) is 0 Å². The van der Waals surface area contributed by atoms with E-state index in [1.54, 1.807) is 16.5 Å². The zero-order chi connectivity index (χ0) is 13.1. The van der Waals surface area contributed by atoms with Crippen molar-refractivity contribution in [3.05, 3.63) is 47.0 Å². The zero-order valence-electron chi connectivity index (χ0n) is 12.1. The Balaban J connectivity index is 0.000000574. The molecule has 0 amide bonds. The number of rotatable bonds is 1. The summed E-state index contributed by atoms with van der Waals surface area (Å²) in [5.41, 5.74) is 4.62. The molecule has 2 aromatic carbocycles. The van der Waals surface area contributed by atoms with Gasteiger partial charge in [0.2, 0.25) is 0 Å². The van der Waals surface area contributed by atoms with Crippen LogP contribution in [-0.2, 0) is 12.8 Å². The molecule has 0 saturated heterocycles. The lowest BCUT2D eigenvalue weighted by Gasteiger charge is -2.20. The van der Waals surface area contributed by atoms with Gasteiger partial charge in [0, 0.05) is 0 Å². The van der Waals surface area contributed by atoms with E-state index in [0.29, 0.717) is 5.92 Å². The number of benzene rings is 2. The lowest BCUT2D eigenvalue weighted by Crippen LogP contribution is -2.03. The molecule has 0 fully saturated rings.